The Kier molecular flexibility index (Phi) is 4.70. The summed E-state index contributed by atoms with van der Waals surface area (Å²) in [5.41, 5.74) is 0.918. The maximum absolute atomic E-state index is 12.7. The van der Waals surface area contributed by atoms with Crippen LogP contribution in [-0.4, -0.2) is 53.9 Å². The summed E-state index contributed by atoms with van der Waals surface area (Å²) in [6.45, 7) is 1.16. The van der Waals surface area contributed by atoms with E-state index < -0.39 is 0 Å². The molecule has 3 aromatic rings. The molecule has 0 bridgehead atoms. The van der Waals surface area contributed by atoms with Crippen LogP contribution in [0.1, 0.15) is 12.8 Å². The Balaban J connectivity index is 1.52. The summed E-state index contributed by atoms with van der Waals surface area (Å²) in [5.74, 6) is -0.263. The third-order valence-corrected chi connectivity index (χ3v) is 5.90. The quantitative estimate of drug-likeness (QED) is 0.733. The first-order valence-electron chi connectivity index (χ1n) is 9.08. The molecule has 1 N–H and O–H groups in total. The molecule has 140 valence electrons. The minimum absolute atomic E-state index is 0.0426. The van der Waals surface area contributed by atoms with E-state index in [1.165, 1.54) is 11.3 Å². The van der Waals surface area contributed by atoms with E-state index in [1.54, 1.807) is 23.9 Å². The number of amides is 3. The normalized spacial score (nSPS) is 17.3. The van der Waals surface area contributed by atoms with Crippen molar-refractivity contribution in [3.8, 4) is 0 Å². The van der Waals surface area contributed by atoms with Gasteiger partial charge in [0.1, 0.15) is 0 Å². The van der Waals surface area contributed by atoms with Crippen molar-refractivity contribution >= 4 is 49.4 Å². The van der Waals surface area contributed by atoms with Crippen LogP contribution >= 0.6 is 11.3 Å². The highest BCUT2D eigenvalue weighted by Gasteiger charge is 2.29. The minimum Gasteiger partial charge on any atom is -0.331 e. The lowest BCUT2D eigenvalue weighted by Crippen LogP contribution is -2.47. The van der Waals surface area contributed by atoms with Gasteiger partial charge in [0.15, 0.2) is 5.13 Å². The van der Waals surface area contributed by atoms with Gasteiger partial charge in [-0.15, -0.1) is 0 Å². The average molecular weight is 382 g/mol. The van der Waals surface area contributed by atoms with Crippen molar-refractivity contribution < 1.29 is 9.59 Å². The van der Waals surface area contributed by atoms with Crippen LogP contribution in [0.5, 0.6) is 0 Å². The van der Waals surface area contributed by atoms with Gasteiger partial charge in [-0.25, -0.2) is 9.78 Å². The van der Waals surface area contributed by atoms with Gasteiger partial charge in [-0.2, -0.15) is 0 Å². The van der Waals surface area contributed by atoms with Gasteiger partial charge in [0.25, 0.3) is 0 Å². The Bertz CT molecular complexity index is 1010. The molecule has 7 heteroatoms. The highest BCUT2D eigenvalue weighted by Crippen LogP contribution is 2.32. The number of benzene rings is 2. The van der Waals surface area contributed by atoms with Gasteiger partial charge in [-0.05, 0) is 24.3 Å². The fraction of sp³-hybridized carbons (Fsp3) is 0.350. The predicted octanol–water partition coefficient (Wildman–Crippen LogP) is 3.78. The third kappa shape index (κ3) is 3.47. The van der Waals surface area contributed by atoms with Gasteiger partial charge in [0.05, 0.1) is 16.1 Å². The van der Waals surface area contributed by atoms with Crippen LogP contribution in [0, 0.1) is 5.92 Å². The van der Waals surface area contributed by atoms with E-state index in [-0.39, 0.29) is 17.9 Å². The Morgan fingerprint density at radius 3 is 2.85 bits per heavy atom. The van der Waals surface area contributed by atoms with Crippen LogP contribution in [0.25, 0.3) is 21.0 Å². The maximum Gasteiger partial charge on any atom is 0.319 e. The zero-order valence-electron chi connectivity index (χ0n) is 15.4. The number of nitrogens with zero attached hydrogens (tertiary/aromatic N) is 3. The Morgan fingerprint density at radius 1 is 1.22 bits per heavy atom. The molecule has 3 amide bonds. The summed E-state index contributed by atoms with van der Waals surface area (Å²) in [6.07, 6.45) is 1.62. The van der Waals surface area contributed by atoms with Crippen LogP contribution in [0.15, 0.2) is 36.4 Å². The van der Waals surface area contributed by atoms with Crippen molar-refractivity contribution in [1.82, 2.24) is 14.8 Å². The first-order chi connectivity index (χ1) is 13.0. The van der Waals surface area contributed by atoms with E-state index in [0.717, 1.165) is 33.8 Å². The van der Waals surface area contributed by atoms with Crippen LogP contribution in [-0.2, 0) is 4.79 Å². The first-order valence-corrected chi connectivity index (χ1v) is 9.90. The van der Waals surface area contributed by atoms with Gasteiger partial charge < -0.3 is 15.1 Å². The van der Waals surface area contributed by atoms with E-state index in [4.69, 9.17) is 0 Å². The summed E-state index contributed by atoms with van der Waals surface area (Å²) in [5, 5.41) is 5.81. The summed E-state index contributed by atoms with van der Waals surface area (Å²) in [4.78, 5) is 32.9. The number of anilines is 1. The first kappa shape index (κ1) is 17.7. The molecule has 1 saturated heterocycles. The number of hydrogen-bond donors (Lipinski definition) is 1. The average Bonchev–Trinajstić information content (AvgIpc) is 3.10. The highest BCUT2D eigenvalue weighted by molar-refractivity contribution is 7.22. The van der Waals surface area contributed by atoms with Crippen molar-refractivity contribution in [2.75, 3.05) is 32.5 Å². The number of likely N-dealkylation sites (tertiary alicyclic amines) is 1. The van der Waals surface area contributed by atoms with Crippen molar-refractivity contribution in [3.63, 3.8) is 0 Å². The van der Waals surface area contributed by atoms with E-state index in [0.29, 0.717) is 18.2 Å². The number of carbonyl (C=O) groups excluding carboxylic acids is 2. The van der Waals surface area contributed by atoms with Gasteiger partial charge in [-0.3, -0.25) is 4.79 Å². The molecule has 0 unspecified atom stereocenters. The maximum atomic E-state index is 12.7. The van der Waals surface area contributed by atoms with E-state index >= 15 is 0 Å². The SMILES string of the molecule is CN(C)C(=O)N1CCC[C@H](C(=O)Nc2nc3c(ccc4ccccc43)s2)C1. The van der Waals surface area contributed by atoms with Crippen molar-refractivity contribution in [2.24, 2.45) is 5.92 Å². The molecule has 6 nitrogen and oxygen atoms in total. The molecule has 2 heterocycles. The molecule has 1 atom stereocenters. The van der Waals surface area contributed by atoms with E-state index in [1.807, 2.05) is 18.2 Å². The van der Waals surface area contributed by atoms with Crippen LogP contribution in [0.2, 0.25) is 0 Å². The smallest absolute Gasteiger partial charge is 0.319 e. The summed E-state index contributed by atoms with van der Waals surface area (Å²) in [7, 11) is 3.47. The molecule has 4 rings (SSSR count). The van der Waals surface area contributed by atoms with Gasteiger partial charge in [0.2, 0.25) is 5.91 Å². The number of nitrogens with one attached hydrogen (secondary N) is 1. The largest absolute Gasteiger partial charge is 0.331 e. The fourth-order valence-corrected chi connectivity index (χ4v) is 4.46. The molecule has 0 radical (unpaired) electrons. The van der Waals surface area contributed by atoms with E-state index in [9.17, 15) is 9.59 Å². The summed E-state index contributed by atoms with van der Waals surface area (Å²) >= 11 is 1.48. The summed E-state index contributed by atoms with van der Waals surface area (Å²) in [6, 6.07) is 12.2. The van der Waals surface area contributed by atoms with Crippen molar-refractivity contribution in [3.05, 3.63) is 36.4 Å². The summed E-state index contributed by atoms with van der Waals surface area (Å²) < 4.78 is 1.05. The van der Waals surface area contributed by atoms with Crippen LogP contribution in [0.4, 0.5) is 9.93 Å². The highest BCUT2D eigenvalue weighted by atomic mass is 32.1. The number of hydrogen-bond acceptors (Lipinski definition) is 4. The Labute approximate surface area is 161 Å². The lowest BCUT2D eigenvalue weighted by molar-refractivity contribution is -0.121. The number of aromatic nitrogens is 1. The van der Waals surface area contributed by atoms with Crippen LogP contribution < -0.4 is 5.32 Å². The van der Waals surface area contributed by atoms with E-state index in [2.05, 4.69) is 28.5 Å². The van der Waals surface area contributed by atoms with Gasteiger partial charge >= 0.3 is 6.03 Å². The molecular weight excluding hydrogens is 360 g/mol. The number of rotatable bonds is 2. The van der Waals surface area contributed by atoms with Gasteiger partial charge in [0, 0.05) is 32.6 Å². The van der Waals surface area contributed by atoms with Crippen molar-refractivity contribution in [1.29, 1.82) is 0 Å². The van der Waals surface area contributed by atoms with Gasteiger partial charge in [-0.1, -0.05) is 41.7 Å². The molecule has 0 spiro atoms. The molecule has 1 aromatic heterocycles. The molecule has 0 aliphatic carbocycles. The lowest BCUT2D eigenvalue weighted by atomic mass is 9.97. The number of thiazole rings is 1. The second kappa shape index (κ2) is 7.15. The Morgan fingerprint density at radius 2 is 2.04 bits per heavy atom. The molecule has 27 heavy (non-hydrogen) atoms. The topological polar surface area (TPSA) is 65.5 Å². The molecule has 2 aromatic carbocycles. The molecule has 0 saturated carbocycles. The minimum atomic E-state index is -0.202. The zero-order chi connectivity index (χ0) is 19.0. The molecular formula is C20H22N4O2S. The molecule has 1 aliphatic rings. The number of carbonyl (C=O) groups is 2. The predicted molar refractivity (Wildman–Crippen MR) is 109 cm³/mol. The number of urea groups is 1. The lowest BCUT2D eigenvalue weighted by Gasteiger charge is -2.33. The monoisotopic (exact) mass is 382 g/mol. The second-order valence-corrected chi connectivity index (χ2v) is 8.13. The fourth-order valence-electron chi connectivity index (χ4n) is 3.57. The zero-order valence-corrected chi connectivity index (χ0v) is 16.3. The Hall–Kier alpha value is -2.67. The molecule has 1 aliphatic heterocycles. The number of fused-ring (bicyclic) bond motifs is 3. The second-order valence-electron chi connectivity index (χ2n) is 7.10. The third-order valence-electron chi connectivity index (χ3n) is 4.96. The van der Waals surface area contributed by atoms with Crippen LogP contribution in [0.3, 0.4) is 0 Å². The van der Waals surface area contributed by atoms with Crippen molar-refractivity contribution in [2.45, 2.75) is 12.8 Å². The standard InChI is InChI=1S/C20H22N4O2S/c1-23(2)20(26)24-11-5-7-14(12-24)18(25)22-19-21-17-15-8-4-3-6-13(15)9-10-16(17)27-19/h3-4,6,8-10,14H,5,7,11-12H2,1-2H3,(H,21,22,25)/t14-/m0/s1. The molecule has 1 fully saturated rings. The number of piperidine rings is 1.